The number of ether oxygens (including phenoxy) is 1. The van der Waals surface area contributed by atoms with E-state index in [9.17, 15) is 9.59 Å². The minimum absolute atomic E-state index is 0.195. The Hall–Kier alpha value is -2.37. The number of nitrogens with zero attached hydrogens (tertiary/aromatic N) is 1. The maximum atomic E-state index is 11.6. The van der Waals surface area contributed by atoms with Crippen LogP contribution in [-0.4, -0.2) is 29.5 Å². The predicted molar refractivity (Wildman–Crippen MR) is 57.8 cm³/mol. The molecule has 0 saturated carbocycles. The summed E-state index contributed by atoms with van der Waals surface area (Å²) >= 11 is 0. The van der Waals surface area contributed by atoms with Gasteiger partial charge in [0.2, 0.25) is 0 Å². The quantitative estimate of drug-likeness (QED) is 0.643. The minimum atomic E-state index is -0.556. The van der Waals surface area contributed by atoms with Crippen molar-refractivity contribution in [2.45, 2.75) is 6.92 Å². The number of aromatic nitrogens is 2. The lowest BCUT2D eigenvalue weighted by molar-refractivity contribution is 0.0595. The molecule has 0 unspecified atom stereocenters. The number of esters is 1. The summed E-state index contributed by atoms with van der Waals surface area (Å²) in [6.45, 7) is 1.69. The van der Waals surface area contributed by atoms with Crippen LogP contribution in [0.3, 0.4) is 0 Å². The van der Waals surface area contributed by atoms with Crippen LogP contribution < -0.4 is 0 Å². The minimum Gasteiger partial charge on any atom is -0.464 e. The second-order valence-electron chi connectivity index (χ2n) is 3.41. The van der Waals surface area contributed by atoms with E-state index in [1.54, 1.807) is 13.0 Å². The number of aryl methyl sites for hydroxylation is 1. The summed E-state index contributed by atoms with van der Waals surface area (Å²) in [5.41, 5.74) is 1.97. The molecule has 2 aromatic rings. The Morgan fingerprint density at radius 1 is 1.59 bits per heavy atom. The molecule has 1 N–H and O–H groups in total. The number of hydrogen-bond donors (Lipinski definition) is 1. The fourth-order valence-electron chi connectivity index (χ4n) is 1.65. The number of rotatable bonds is 3. The van der Waals surface area contributed by atoms with Crippen LogP contribution >= 0.6 is 0 Å². The molecule has 6 nitrogen and oxygen atoms in total. The molecule has 0 aliphatic rings. The Kier molecular flexibility index (Phi) is 2.78. The SMILES string of the molecule is COC(=O)c1[nH]c(C)c(C=O)c1-c1ccon1. The Morgan fingerprint density at radius 3 is 2.88 bits per heavy atom. The van der Waals surface area contributed by atoms with Crippen molar-refractivity contribution >= 4 is 12.3 Å². The summed E-state index contributed by atoms with van der Waals surface area (Å²) in [6, 6.07) is 1.57. The van der Waals surface area contributed by atoms with Crippen molar-refractivity contribution in [3.8, 4) is 11.3 Å². The van der Waals surface area contributed by atoms with Gasteiger partial charge in [0.15, 0.2) is 6.29 Å². The third kappa shape index (κ3) is 1.73. The zero-order valence-electron chi connectivity index (χ0n) is 9.31. The van der Waals surface area contributed by atoms with Gasteiger partial charge >= 0.3 is 5.97 Å². The van der Waals surface area contributed by atoms with Crippen molar-refractivity contribution in [2.75, 3.05) is 7.11 Å². The van der Waals surface area contributed by atoms with E-state index in [1.165, 1.54) is 13.4 Å². The second-order valence-corrected chi connectivity index (χ2v) is 3.41. The van der Waals surface area contributed by atoms with E-state index >= 15 is 0 Å². The van der Waals surface area contributed by atoms with E-state index in [2.05, 4.69) is 14.9 Å². The van der Waals surface area contributed by atoms with E-state index in [0.29, 0.717) is 28.8 Å². The van der Waals surface area contributed by atoms with Crippen LogP contribution in [0.25, 0.3) is 11.3 Å². The van der Waals surface area contributed by atoms with Crippen LogP contribution in [-0.2, 0) is 4.74 Å². The first-order valence-electron chi connectivity index (χ1n) is 4.85. The highest BCUT2D eigenvalue weighted by molar-refractivity contribution is 6.01. The van der Waals surface area contributed by atoms with Gasteiger partial charge in [0, 0.05) is 22.9 Å². The molecule has 2 heterocycles. The van der Waals surface area contributed by atoms with Crippen molar-refractivity contribution in [1.82, 2.24) is 10.1 Å². The molecule has 0 aliphatic heterocycles. The Morgan fingerprint density at radius 2 is 2.35 bits per heavy atom. The van der Waals surface area contributed by atoms with Crippen LogP contribution in [0.1, 0.15) is 26.5 Å². The number of carbonyl (C=O) groups is 2. The number of methoxy groups -OCH3 is 1. The Bertz CT molecular complexity index is 554. The van der Waals surface area contributed by atoms with Gasteiger partial charge in [-0.25, -0.2) is 4.79 Å². The Labute approximate surface area is 96.6 Å². The number of aromatic amines is 1. The summed E-state index contributed by atoms with van der Waals surface area (Å²) in [4.78, 5) is 25.4. The first kappa shape index (κ1) is 11.1. The van der Waals surface area contributed by atoms with Gasteiger partial charge in [-0.1, -0.05) is 5.16 Å². The van der Waals surface area contributed by atoms with Crippen LogP contribution in [0.4, 0.5) is 0 Å². The van der Waals surface area contributed by atoms with E-state index < -0.39 is 5.97 Å². The maximum absolute atomic E-state index is 11.6. The highest BCUT2D eigenvalue weighted by atomic mass is 16.5. The molecule has 0 bridgehead atoms. The summed E-state index contributed by atoms with van der Waals surface area (Å²) in [7, 11) is 1.27. The average Bonchev–Trinajstić information content (AvgIpc) is 2.94. The monoisotopic (exact) mass is 234 g/mol. The molecule has 88 valence electrons. The number of nitrogens with one attached hydrogen (secondary N) is 1. The van der Waals surface area contributed by atoms with E-state index in [0.717, 1.165) is 0 Å². The highest BCUT2D eigenvalue weighted by Gasteiger charge is 2.23. The molecule has 2 aromatic heterocycles. The zero-order valence-corrected chi connectivity index (χ0v) is 9.31. The summed E-state index contributed by atoms with van der Waals surface area (Å²) in [5, 5.41) is 3.72. The van der Waals surface area contributed by atoms with Crippen molar-refractivity contribution in [3.05, 3.63) is 29.3 Å². The van der Waals surface area contributed by atoms with Crippen molar-refractivity contribution in [1.29, 1.82) is 0 Å². The molecular formula is C11H10N2O4. The molecular weight excluding hydrogens is 224 g/mol. The van der Waals surface area contributed by atoms with Crippen molar-refractivity contribution in [3.63, 3.8) is 0 Å². The number of aldehydes is 1. The standard InChI is InChI=1S/C11H10N2O4/c1-6-7(5-14)9(8-3-4-17-13-8)10(12-6)11(15)16-2/h3-5,12H,1-2H3. The third-order valence-electron chi connectivity index (χ3n) is 2.44. The topological polar surface area (TPSA) is 85.2 Å². The van der Waals surface area contributed by atoms with Gasteiger partial charge in [-0.05, 0) is 6.92 Å². The molecule has 0 fully saturated rings. The molecule has 0 amide bonds. The molecule has 0 atom stereocenters. The second kappa shape index (κ2) is 4.25. The lowest BCUT2D eigenvalue weighted by Crippen LogP contribution is -2.03. The predicted octanol–water partition coefficient (Wildman–Crippen LogP) is 1.58. The number of H-pyrrole nitrogens is 1. The molecule has 0 saturated heterocycles. The van der Waals surface area contributed by atoms with E-state index in [4.69, 9.17) is 4.52 Å². The lowest BCUT2D eigenvalue weighted by Gasteiger charge is -1.99. The summed E-state index contributed by atoms with van der Waals surface area (Å²) in [5.74, 6) is -0.556. The molecule has 0 spiro atoms. The van der Waals surface area contributed by atoms with Gasteiger partial charge in [0.05, 0.1) is 7.11 Å². The molecule has 2 rings (SSSR count). The normalized spacial score (nSPS) is 10.2. The van der Waals surface area contributed by atoms with Crippen molar-refractivity contribution in [2.24, 2.45) is 0 Å². The summed E-state index contributed by atoms with van der Waals surface area (Å²) in [6.07, 6.45) is 2.04. The van der Waals surface area contributed by atoms with Crippen molar-refractivity contribution < 1.29 is 18.8 Å². The molecule has 6 heteroatoms. The van der Waals surface area contributed by atoms with Crippen LogP contribution in [0, 0.1) is 6.92 Å². The van der Waals surface area contributed by atoms with Gasteiger partial charge < -0.3 is 14.2 Å². The first-order chi connectivity index (χ1) is 8.19. The lowest BCUT2D eigenvalue weighted by atomic mass is 10.1. The van der Waals surface area contributed by atoms with Gasteiger partial charge in [0.1, 0.15) is 17.7 Å². The maximum Gasteiger partial charge on any atom is 0.355 e. The molecule has 0 aromatic carbocycles. The fourth-order valence-corrected chi connectivity index (χ4v) is 1.65. The first-order valence-corrected chi connectivity index (χ1v) is 4.85. The third-order valence-corrected chi connectivity index (χ3v) is 2.44. The van der Waals surface area contributed by atoms with E-state index in [1.807, 2.05) is 0 Å². The highest BCUT2D eigenvalue weighted by Crippen LogP contribution is 2.28. The molecule has 17 heavy (non-hydrogen) atoms. The molecule has 0 radical (unpaired) electrons. The molecule has 0 aliphatic carbocycles. The van der Waals surface area contributed by atoms with Gasteiger partial charge in [-0.15, -0.1) is 0 Å². The average molecular weight is 234 g/mol. The van der Waals surface area contributed by atoms with Crippen LogP contribution in [0.15, 0.2) is 16.9 Å². The van der Waals surface area contributed by atoms with Crippen LogP contribution in [0.2, 0.25) is 0 Å². The van der Waals surface area contributed by atoms with Crippen LogP contribution in [0.5, 0.6) is 0 Å². The van der Waals surface area contributed by atoms with Gasteiger partial charge in [0.25, 0.3) is 0 Å². The Balaban J connectivity index is 2.69. The smallest absolute Gasteiger partial charge is 0.355 e. The van der Waals surface area contributed by atoms with E-state index in [-0.39, 0.29) is 5.69 Å². The largest absolute Gasteiger partial charge is 0.464 e. The van der Waals surface area contributed by atoms with Gasteiger partial charge in [-0.2, -0.15) is 0 Å². The fraction of sp³-hybridized carbons (Fsp3) is 0.182. The summed E-state index contributed by atoms with van der Waals surface area (Å²) < 4.78 is 9.36. The van der Waals surface area contributed by atoms with Gasteiger partial charge in [-0.3, -0.25) is 4.79 Å². The number of carbonyl (C=O) groups excluding carboxylic acids is 2. The zero-order chi connectivity index (χ0) is 12.4. The number of hydrogen-bond acceptors (Lipinski definition) is 5.